The summed E-state index contributed by atoms with van der Waals surface area (Å²) in [4.78, 5) is 18.7. The fourth-order valence-corrected chi connectivity index (χ4v) is 4.26. The number of nitrogens with zero attached hydrogens (tertiary/aromatic N) is 2. The third-order valence-corrected chi connectivity index (χ3v) is 5.94. The molecule has 0 unspecified atom stereocenters. The molecule has 1 aromatic heterocycles. The Hall–Kier alpha value is -2.74. The Morgan fingerprint density at radius 1 is 1.03 bits per heavy atom. The number of thiazole rings is 1. The van der Waals surface area contributed by atoms with Crippen molar-refractivity contribution in [1.82, 2.24) is 9.88 Å². The number of aromatic nitrogens is 1. The zero-order valence-corrected chi connectivity index (χ0v) is 16.6. The summed E-state index contributed by atoms with van der Waals surface area (Å²) in [6, 6.07) is 11.4. The summed E-state index contributed by atoms with van der Waals surface area (Å²) in [6.45, 7) is 1.12. The number of hydrogen-bond donors (Lipinski definition) is 0. The molecule has 0 N–H and O–H groups in total. The minimum absolute atomic E-state index is 0.139. The van der Waals surface area contributed by atoms with Gasteiger partial charge in [-0.1, -0.05) is 24.3 Å². The van der Waals surface area contributed by atoms with E-state index in [2.05, 4.69) is 4.98 Å². The molecular weight excluding hydrogens is 416 g/mol. The fourth-order valence-electron chi connectivity index (χ4n) is 3.46. The predicted molar refractivity (Wildman–Crippen MR) is 106 cm³/mol. The van der Waals surface area contributed by atoms with E-state index in [0.717, 1.165) is 28.3 Å². The molecule has 0 spiro atoms. The average Bonchev–Trinajstić information content (AvgIpc) is 3.14. The van der Waals surface area contributed by atoms with Gasteiger partial charge in [-0.2, -0.15) is 13.2 Å². The summed E-state index contributed by atoms with van der Waals surface area (Å²) in [5.41, 5.74) is 1.49. The van der Waals surface area contributed by atoms with Crippen LogP contribution in [-0.4, -0.2) is 28.9 Å². The van der Waals surface area contributed by atoms with Gasteiger partial charge in [-0.05, 0) is 47.7 Å². The van der Waals surface area contributed by atoms with Crippen molar-refractivity contribution in [2.75, 3.05) is 13.1 Å². The molecule has 1 aliphatic heterocycles. The highest BCUT2D eigenvalue weighted by Crippen LogP contribution is 2.30. The van der Waals surface area contributed by atoms with Crippen LogP contribution < -0.4 is 0 Å². The first-order valence-electron chi connectivity index (χ1n) is 9.42. The number of benzene rings is 2. The van der Waals surface area contributed by atoms with Gasteiger partial charge in [0.15, 0.2) is 0 Å². The van der Waals surface area contributed by atoms with Crippen LogP contribution in [0.4, 0.5) is 17.6 Å². The van der Waals surface area contributed by atoms with E-state index in [0.29, 0.717) is 31.6 Å². The van der Waals surface area contributed by atoms with Crippen LogP contribution in [0.5, 0.6) is 0 Å². The highest BCUT2D eigenvalue weighted by molar-refractivity contribution is 7.09. The molecule has 0 saturated carbocycles. The van der Waals surface area contributed by atoms with Crippen molar-refractivity contribution < 1.29 is 22.4 Å². The second kappa shape index (κ2) is 8.18. The number of alkyl halides is 3. The molecule has 0 bridgehead atoms. The monoisotopic (exact) mass is 434 g/mol. The fraction of sp³-hybridized carbons (Fsp3) is 0.273. The Morgan fingerprint density at radius 2 is 1.67 bits per heavy atom. The van der Waals surface area contributed by atoms with Crippen molar-refractivity contribution in [3.05, 3.63) is 87.1 Å². The highest BCUT2D eigenvalue weighted by Gasteiger charge is 2.33. The Kier molecular flexibility index (Phi) is 5.60. The predicted octanol–water partition coefficient (Wildman–Crippen LogP) is 5.21. The van der Waals surface area contributed by atoms with Gasteiger partial charge >= 0.3 is 6.18 Å². The van der Waals surface area contributed by atoms with Gasteiger partial charge in [-0.25, -0.2) is 9.37 Å². The van der Waals surface area contributed by atoms with Gasteiger partial charge < -0.3 is 4.90 Å². The van der Waals surface area contributed by atoms with Crippen LogP contribution in [0, 0.1) is 11.7 Å². The molecule has 0 radical (unpaired) electrons. The van der Waals surface area contributed by atoms with E-state index in [1.165, 1.54) is 35.6 Å². The lowest BCUT2D eigenvalue weighted by Gasteiger charge is -2.39. The summed E-state index contributed by atoms with van der Waals surface area (Å²) in [5.74, 6) is -0.208. The number of likely N-dealkylation sites (tertiary alicyclic amines) is 1. The quantitative estimate of drug-likeness (QED) is 0.517. The van der Waals surface area contributed by atoms with E-state index < -0.39 is 11.7 Å². The first-order valence-corrected chi connectivity index (χ1v) is 10.3. The summed E-state index contributed by atoms with van der Waals surface area (Å²) in [6.07, 6.45) is -3.16. The van der Waals surface area contributed by atoms with Crippen molar-refractivity contribution >= 4 is 17.2 Å². The SMILES string of the molecule is O=C(c1csc(Cc2ccc(F)cc2)n1)N1CC(Cc2ccc(C(F)(F)F)cc2)C1. The van der Waals surface area contributed by atoms with Crippen LogP contribution in [0.3, 0.4) is 0 Å². The topological polar surface area (TPSA) is 33.2 Å². The Labute approximate surface area is 175 Å². The second-order valence-corrected chi connectivity index (χ2v) is 8.35. The standard InChI is InChI=1S/C22H18F4N2OS/c23-18-7-3-15(4-8-18)10-20-27-19(13-30-20)21(29)28-11-16(12-28)9-14-1-5-17(6-2-14)22(24,25)26/h1-8,13,16H,9-12H2. The summed E-state index contributed by atoms with van der Waals surface area (Å²) in [5, 5.41) is 2.51. The number of halogens is 4. The molecule has 4 rings (SSSR count). The maximum absolute atomic E-state index is 13.0. The van der Waals surface area contributed by atoms with E-state index in [-0.39, 0.29) is 17.6 Å². The molecule has 1 aliphatic rings. The van der Waals surface area contributed by atoms with Gasteiger partial charge in [0.25, 0.3) is 5.91 Å². The van der Waals surface area contributed by atoms with Crippen LogP contribution >= 0.6 is 11.3 Å². The van der Waals surface area contributed by atoms with Gasteiger partial charge in [-0.15, -0.1) is 11.3 Å². The lowest BCUT2D eigenvalue weighted by molar-refractivity contribution is -0.137. The first kappa shape index (κ1) is 20.5. The molecule has 30 heavy (non-hydrogen) atoms. The van der Waals surface area contributed by atoms with Gasteiger partial charge in [0.1, 0.15) is 11.5 Å². The van der Waals surface area contributed by atoms with Crippen LogP contribution in [0.1, 0.15) is 32.2 Å². The average molecular weight is 434 g/mol. The Balaban J connectivity index is 1.29. The molecule has 8 heteroatoms. The maximum atomic E-state index is 13.0. The number of carbonyl (C=O) groups excluding carboxylic acids is 1. The molecule has 2 heterocycles. The summed E-state index contributed by atoms with van der Waals surface area (Å²) < 4.78 is 50.9. The van der Waals surface area contributed by atoms with E-state index in [1.54, 1.807) is 22.4 Å². The number of carbonyl (C=O) groups is 1. The van der Waals surface area contributed by atoms with Gasteiger partial charge in [0, 0.05) is 24.9 Å². The lowest BCUT2D eigenvalue weighted by Crippen LogP contribution is -2.50. The summed E-state index contributed by atoms with van der Waals surface area (Å²) >= 11 is 1.39. The number of amides is 1. The van der Waals surface area contributed by atoms with E-state index in [1.807, 2.05) is 0 Å². The zero-order valence-electron chi connectivity index (χ0n) is 15.8. The number of rotatable bonds is 5. The van der Waals surface area contributed by atoms with Crippen LogP contribution in [0.2, 0.25) is 0 Å². The van der Waals surface area contributed by atoms with Gasteiger partial charge in [0.2, 0.25) is 0 Å². The zero-order chi connectivity index (χ0) is 21.3. The normalized spacial score (nSPS) is 14.6. The van der Waals surface area contributed by atoms with Crippen LogP contribution in [-0.2, 0) is 19.0 Å². The second-order valence-electron chi connectivity index (χ2n) is 7.40. The van der Waals surface area contributed by atoms with E-state index >= 15 is 0 Å². The summed E-state index contributed by atoms with van der Waals surface area (Å²) in [7, 11) is 0. The van der Waals surface area contributed by atoms with Crippen molar-refractivity contribution in [3.8, 4) is 0 Å². The van der Waals surface area contributed by atoms with Crippen LogP contribution in [0.15, 0.2) is 53.9 Å². The van der Waals surface area contributed by atoms with Crippen molar-refractivity contribution in [1.29, 1.82) is 0 Å². The highest BCUT2D eigenvalue weighted by atomic mass is 32.1. The number of hydrogen-bond acceptors (Lipinski definition) is 3. The molecule has 1 fully saturated rings. The molecular formula is C22H18F4N2OS. The minimum atomic E-state index is -4.33. The van der Waals surface area contributed by atoms with Crippen molar-refractivity contribution in [3.63, 3.8) is 0 Å². The first-order chi connectivity index (χ1) is 14.3. The largest absolute Gasteiger partial charge is 0.416 e. The molecule has 1 amide bonds. The molecule has 156 valence electrons. The molecule has 3 nitrogen and oxygen atoms in total. The molecule has 0 atom stereocenters. The van der Waals surface area contributed by atoms with E-state index in [9.17, 15) is 22.4 Å². The van der Waals surface area contributed by atoms with Crippen LogP contribution in [0.25, 0.3) is 0 Å². The third-order valence-electron chi connectivity index (χ3n) is 5.09. The lowest BCUT2D eigenvalue weighted by atomic mass is 9.91. The third kappa shape index (κ3) is 4.70. The smallest absolute Gasteiger partial charge is 0.337 e. The van der Waals surface area contributed by atoms with Gasteiger partial charge in [-0.3, -0.25) is 4.79 Å². The molecule has 0 aliphatic carbocycles. The van der Waals surface area contributed by atoms with Crippen molar-refractivity contribution in [2.24, 2.45) is 5.92 Å². The van der Waals surface area contributed by atoms with Crippen molar-refractivity contribution in [2.45, 2.75) is 19.0 Å². The Bertz CT molecular complexity index is 1020. The van der Waals surface area contributed by atoms with Gasteiger partial charge in [0.05, 0.1) is 10.6 Å². The Morgan fingerprint density at radius 3 is 2.30 bits per heavy atom. The molecule has 1 saturated heterocycles. The van der Waals surface area contributed by atoms with E-state index in [4.69, 9.17) is 0 Å². The molecule has 3 aromatic rings. The minimum Gasteiger partial charge on any atom is -0.337 e. The molecule has 2 aromatic carbocycles. The maximum Gasteiger partial charge on any atom is 0.416 e.